The van der Waals surface area contributed by atoms with Crippen molar-refractivity contribution < 1.29 is 0 Å². The Morgan fingerprint density at radius 2 is 1.84 bits per heavy atom. The fourth-order valence-corrected chi connectivity index (χ4v) is 2.65. The summed E-state index contributed by atoms with van der Waals surface area (Å²) in [4.78, 5) is 0. The number of benzene rings is 2. The maximum Gasteiger partial charge on any atom is 0.0462 e. The van der Waals surface area contributed by atoms with Gasteiger partial charge in [-0.3, -0.25) is 0 Å². The zero-order valence-corrected chi connectivity index (χ0v) is 11.5. The van der Waals surface area contributed by atoms with E-state index in [2.05, 4.69) is 54.0 Å². The number of hydrogen-bond acceptors (Lipinski definition) is 2. The third-order valence-electron chi connectivity index (χ3n) is 3.67. The van der Waals surface area contributed by atoms with Crippen molar-refractivity contribution in [3.8, 4) is 0 Å². The zero-order valence-electron chi connectivity index (χ0n) is 11.5. The molecule has 0 aliphatic heterocycles. The molecular formula is C17H20N2. The SMILES string of the molecule is CN/C=C(/C)Nc1ccc(C2CC2)c2ccccc12. The fraction of sp³-hybridized carbons (Fsp3) is 0.294. The molecule has 1 fully saturated rings. The zero-order chi connectivity index (χ0) is 13.2. The van der Waals surface area contributed by atoms with Gasteiger partial charge in [0.2, 0.25) is 0 Å². The highest BCUT2D eigenvalue weighted by atomic mass is 14.9. The Balaban J connectivity index is 2.06. The maximum absolute atomic E-state index is 3.47. The van der Waals surface area contributed by atoms with Gasteiger partial charge >= 0.3 is 0 Å². The predicted molar refractivity (Wildman–Crippen MR) is 82.4 cm³/mol. The molecule has 0 bridgehead atoms. The van der Waals surface area contributed by atoms with Gasteiger partial charge < -0.3 is 10.6 Å². The van der Waals surface area contributed by atoms with Crippen LogP contribution in [0.4, 0.5) is 5.69 Å². The highest BCUT2D eigenvalue weighted by Gasteiger charge is 2.25. The van der Waals surface area contributed by atoms with Crippen LogP contribution < -0.4 is 10.6 Å². The third-order valence-corrected chi connectivity index (χ3v) is 3.67. The van der Waals surface area contributed by atoms with E-state index in [0.29, 0.717) is 0 Å². The van der Waals surface area contributed by atoms with E-state index >= 15 is 0 Å². The minimum absolute atomic E-state index is 0.785. The molecule has 2 N–H and O–H groups in total. The number of anilines is 1. The smallest absolute Gasteiger partial charge is 0.0462 e. The molecule has 2 nitrogen and oxygen atoms in total. The molecule has 3 rings (SSSR count). The Hall–Kier alpha value is -1.96. The highest BCUT2D eigenvalue weighted by Crippen LogP contribution is 2.44. The van der Waals surface area contributed by atoms with Gasteiger partial charge in [0.1, 0.15) is 0 Å². The van der Waals surface area contributed by atoms with Gasteiger partial charge in [0, 0.05) is 30.0 Å². The summed E-state index contributed by atoms with van der Waals surface area (Å²) in [7, 11) is 1.92. The molecule has 1 aliphatic rings. The van der Waals surface area contributed by atoms with Crippen LogP contribution in [-0.2, 0) is 0 Å². The molecule has 0 spiro atoms. The predicted octanol–water partition coefficient (Wildman–Crippen LogP) is 4.21. The molecular weight excluding hydrogens is 232 g/mol. The largest absolute Gasteiger partial charge is 0.393 e. The van der Waals surface area contributed by atoms with E-state index in [1.165, 1.54) is 34.9 Å². The molecule has 0 saturated heterocycles. The molecule has 0 amide bonds. The van der Waals surface area contributed by atoms with E-state index in [0.717, 1.165) is 11.6 Å². The quantitative estimate of drug-likeness (QED) is 0.851. The van der Waals surface area contributed by atoms with Gasteiger partial charge in [-0.15, -0.1) is 0 Å². The van der Waals surface area contributed by atoms with E-state index in [1.54, 1.807) is 0 Å². The maximum atomic E-state index is 3.47. The van der Waals surface area contributed by atoms with E-state index < -0.39 is 0 Å². The Kier molecular flexibility index (Phi) is 3.16. The summed E-state index contributed by atoms with van der Waals surface area (Å²) < 4.78 is 0. The van der Waals surface area contributed by atoms with Crippen LogP contribution in [0.1, 0.15) is 31.2 Å². The van der Waals surface area contributed by atoms with Crippen molar-refractivity contribution in [2.24, 2.45) is 0 Å². The Bertz CT molecular complexity index is 624. The first-order valence-corrected chi connectivity index (χ1v) is 6.92. The summed E-state index contributed by atoms with van der Waals surface area (Å²) >= 11 is 0. The minimum atomic E-state index is 0.785. The number of nitrogens with one attached hydrogen (secondary N) is 2. The van der Waals surface area contributed by atoms with Crippen LogP contribution in [0, 0.1) is 0 Å². The van der Waals surface area contributed by atoms with Crippen molar-refractivity contribution in [2.75, 3.05) is 12.4 Å². The van der Waals surface area contributed by atoms with E-state index in [1.807, 2.05) is 13.2 Å². The second kappa shape index (κ2) is 4.96. The lowest BCUT2D eigenvalue weighted by Crippen LogP contribution is -2.02. The number of rotatable bonds is 4. The molecule has 19 heavy (non-hydrogen) atoms. The van der Waals surface area contributed by atoms with Gasteiger partial charge in [0.05, 0.1) is 0 Å². The number of allylic oxidation sites excluding steroid dienone is 1. The minimum Gasteiger partial charge on any atom is -0.393 e. The van der Waals surface area contributed by atoms with Gasteiger partial charge in [-0.1, -0.05) is 30.3 Å². The van der Waals surface area contributed by atoms with E-state index in [4.69, 9.17) is 0 Å². The standard InChI is InChI=1S/C17H20N2/c1-12(11-18-2)19-17-10-9-14(13-7-8-13)15-5-3-4-6-16(15)17/h3-6,9-11,13,18-19H,7-8H2,1-2H3/b12-11-. The number of hydrogen-bond donors (Lipinski definition) is 2. The van der Waals surface area contributed by atoms with Gasteiger partial charge in [0.25, 0.3) is 0 Å². The molecule has 0 aromatic heterocycles. The van der Waals surface area contributed by atoms with Gasteiger partial charge in [-0.2, -0.15) is 0 Å². The first-order valence-electron chi connectivity index (χ1n) is 6.92. The summed E-state index contributed by atoms with van der Waals surface area (Å²) in [5, 5.41) is 9.23. The van der Waals surface area contributed by atoms with E-state index in [-0.39, 0.29) is 0 Å². The first-order chi connectivity index (χ1) is 9.29. The highest BCUT2D eigenvalue weighted by molar-refractivity contribution is 5.97. The Morgan fingerprint density at radius 1 is 1.11 bits per heavy atom. The lowest BCUT2D eigenvalue weighted by atomic mass is 9.99. The van der Waals surface area contributed by atoms with Gasteiger partial charge in [-0.05, 0) is 42.7 Å². The van der Waals surface area contributed by atoms with Gasteiger partial charge in [0.15, 0.2) is 0 Å². The lowest BCUT2D eigenvalue weighted by molar-refractivity contribution is 1.07. The van der Waals surface area contributed by atoms with Crippen LogP contribution >= 0.6 is 0 Å². The normalized spacial score (nSPS) is 15.6. The first kappa shape index (κ1) is 12.1. The van der Waals surface area contributed by atoms with Crippen LogP contribution in [0.15, 0.2) is 48.3 Å². The molecule has 0 radical (unpaired) electrons. The average Bonchev–Trinajstić information content (AvgIpc) is 3.24. The Labute approximate surface area is 114 Å². The van der Waals surface area contributed by atoms with Crippen molar-refractivity contribution >= 4 is 16.5 Å². The Morgan fingerprint density at radius 3 is 2.53 bits per heavy atom. The second-order valence-corrected chi connectivity index (χ2v) is 5.26. The van der Waals surface area contributed by atoms with Crippen LogP contribution in [0.3, 0.4) is 0 Å². The molecule has 2 aromatic carbocycles. The summed E-state index contributed by atoms with van der Waals surface area (Å²) in [5.74, 6) is 0.785. The van der Waals surface area contributed by atoms with Crippen LogP contribution in [0.5, 0.6) is 0 Å². The van der Waals surface area contributed by atoms with Gasteiger partial charge in [-0.25, -0.2) is 0 Å². The second-order valence-electron chi connectivity index (χ2n) is 5.26. The molecule has 1 aliphatic carbocycles. The molecule has 2 aromatic rings. The summed E-state index contributed by atoms with van der Waals surface area (Å²) in [6, 6.07) is 13.2. The average molecular weight is 252 g/mol. The van der Waals surface area contributed by atoms with Crippen molar-refractivity contribution in [3.05, 3.63) is 53.9 Å². The molecule has 0 unspecified atom stereocenters. The molecule has 0 atom stereocenters. The molecule has 2 heteroatoms. The summed E-state index contributed by atoms with van der Waals surface area (Å²) in [6.45, 7) is 2.07. The topological polar surface area (TPSA) is 24.1 Å². The lowest BCUT2D eigenvalue weighted by Gasteiger charge is -2.13. The van der Waals surface area contributed by atoms with Crippen LogP contribution in [-0.4, -0.2) is 7.05 Å². The van der Waals surface area contributed by atoms with Crippen molar-refractivity contribution in [1.29, 1.82) is 0 Å². The molecule has 1 saturated carbocycles. The van der Waals surface area contributed by atoms with Crippen LogP contribution in [0.25, 0.3) is 10.8 Å². The van der Waals surface area contributed by atoms with Crippen LogP contribution in [0.2, 0.25) is 0 Å². The van der Waals surface area contributed by atoms with Crippen molar-refractivity contribution in [2.45, 2.75) is 25.7 Å². The van der Waals surface area contributed by atoms with Crippen molar-refractivity contribution in [3.63, 3.8) is 0 Å². The number of fused-ring (bicyclic) bond motifs is 1. The fourth-order valence-electron chi connectivity index (χ4n) is 2.65. The molecule has 98 valence electrons. The van der Waals surface area contributed by atoms with Crippen molar-refractivity contribution in [1.82, 2.24) is 5.32 Å². The molecule has 0 heterocycles. The van der Waals surface area contributed by atoms with E-state index in [9.17, 15) is 0 Å². The summed E-state index contributed by atoms with van der Waals surface area (Å²) in [5.41, 5.74) is 3.81. The monoisotopic (exact) mass is 252 g/mol. The summed E-state index contributed by atoms with van der Waals surface area (Å²) in [6.07, 6.45) is 4.66. The third kappa shape index (κ3) is 2.43.